The van der Waals surface area contributed by atoms with Crippen molar-refractivity contribution in [2.45, 2.75) is 13.5 Å². The number of carbonyl (C=O) groups is 1. The number of benzene rings is 1. The Balaban J connectivity index is 2.12. The summed E-state index contributed by atoms with van der Waals surface area (Å²) in [5.74, 6) is 0.0867. The maximum Gasteiger partial charge on any atom is 0.165 e. The van der Waals surface area contributed by atoms with E-state index >= 15 is 0 Å². The molecule has 17 heavy (non-hydrogen) atoms. The second-order valence-electron chi connectivity index (χ2n) is 3.61. The molecule has 0 spiro atoms. The number of hydrogen-bond donors (Lipinski definition) is 0. The minimum absolute atomic E-state index is 0.00876. The summed E-state index contributed by atoms with van der Waals surface area (Å²) in [5, 5.41) is 3.93. The Hall–Kier alpha value is -2.17. The third-order valence-electron chi connectivity index (χ3n) is 2.06. The molecule has 0 saturated heterocycles. The Morgan fingerprint density at radius 3 is 2.94 bits per heavy atom. The second kappa shape index (κ2) is 4.78. The summed E-state index contributed by atoms with van der Waals surface area (Å²) in [4.78, 5) is 10.9. The first-order chi connectivity index (χ1) is 8.15. The van der Waals surface area contributed by atoms with E-state index in [1.807, 2.05) is 0 Å². The number of rotatable bonds is 4. The molecule has 0 fully saturated rings. The quantitative estimate of drug-likeness (QED) is 0.815. The number of ether oxygens (including phenoxy) is 1. The number of nitrogens with zero attached hydrogens (tertiary/aromatic N) is 2. The van der Waals surface area contributed by atoms with Gasteiger partial charge in [-0.05, 0) is 19.1 Å². The van der Waals surface area contributed by atoms with Crippen LogP contribution in [0.4, 0.5) is 4.39 Å². The summed E-state index contributed by atoms with van der Waals surface area (Å²) in [6.07, 6.45) is 2.99. The highest BCUT2D eigenvalue weighted by Gasteiger charge is 2.06. The summed E-state index contributed by atoms with van der Waals surface area (Å²) in [7, 11) is 0. The van der Waals surface area contributed by atoms with Crippen LogP contribution >= 0.6 is 0 Å². The smallest absolute Gasteiger partial charge is 0.165 e. The molecule has 0 amide bonds. The molecule has 2 aromatic rings. The Bertz CT molecular complexity index is 537. The van der Waals surface area contributed by atoms with Gasteiger partial charge in [0.25, 0.3) is 0 Å². The van der Waals surface area contributed by atoms with Gasteiger partial charge in [0.1, 0.15) is 0 Å². The van der Waals surface area contributed by atoms with Crippen LogP contribution in [0, 0.1) is 5.82 Å². The lowest BCUT2D eigenvalue weighted by Gasteiger charge is -2.02. The Labute approximate surface area is 97.6 Å². The highest BCUT2D eigenvalue weighted by Crippen LogP contribution is 2.23. The molecule has 0 aliphatic carbocycles. The van der Waals surface area contributed by atoms with E-state index < -0.39 is 5.82 Å². The van der Waals surface area contributed by atoms with E-state index in [-0.39, 0.29) is 18.1 Å². The van der Waals surface area contributed by atoms with Crippen molar-refractivity contribution in [3.8, 4) is 11.5 Å². The number of hydrogen-bond acceptors (Lipinski definition) is 3. The molecule has 2 rings (SSSR count). The minimum atomic E-state index is -0.438. The largest absolute Gasteiger partial charge is 0.451 e. The normalized spacial score (nSPS) is 10.2. The van der Waals surface area contributed by atoms with Crippen LogP contribution in [0.2, 0.25) is 0 Å². The first kappa shape index (κ1) is 11.3. The SMILES string of the molecule is CC(=O)Cn1cc(Oc2ccccc2F)cn1. The molecule has 0 atom stereocenters. The first-order valence-corrected chi connectivity index (χ1v) is 5.09. The third-order valence-corrected chi connectivity index (χ3v) is 2.06. The van der Waals surface area contributed by atoms with E-state index in [2.05, 4.69) is 5.10 Å². The molecular formula is C12H11FN2O2. The van der Waals surface area contributed by atoms with E-state index in [0.717, 1.165) is 0 Å². The molecule has 0 bridgehead atoms. The van der Waals surface area contributed by atoms with Gasteiger partial charge < -0.3 is 4.74 Å². The molecule has 0 aliphatic rings. The van der Waals surface area contributed by atoms with Crippen molar-refractivity contribution in [2.24, 2.45) is 0 Å². The predicted octanol–water partition coefficient (Wildman–Crippen LogP) is 2.40. The molecule has 88 valence electrons. The van der Waals surface area contributed by atoms with Crippen molar-refractivity contribution in [2.75, 3.05) is 0 Å². The molecule has 0 aliphatic heterocycles. The molecule has 0 N–H and O–H groups in total. The lowest BCUT2D eigenvalue weighted by molar-refractivity contribution is -0.117. The molecule has 1 heterocycles. The average molecular weight is 234 g/mol. The highest BCUT2D eigenvalue weighted by molar-refractivity contribution is 5.75. The van der Waals surface area contributed by atoms with E-state index in [4.69, 9.17) is 4.74 Å². The Morgan fingerprint density at radius 1 is 1.47 bits per heavy atom. The van der Waals surface area contributed by atoms with Crippen molar-refractivity contribution >= 4 is 5.78 Å². The summed E-state index contributed by atoms with van der Waals surface area (Å²) >= 11 is 0. The predicted molar refractivity (Wildman–Crippen MR) is 59.4 cm³/mol. The van der Waals surface area contributed by atoms with Crippen molar-refractivity contribution in [3.05, 3.63) is 42.5 Å². The Kier molecular flexibility index (Phi) is 3.18. The van der Waals surface area contributed by atoms with Crippen LogP contribution < -0.4 is 4.74 Å². The van der Waals surface area contributed by atoms with E-state index in [1.54, 1.807) is 18.3 Å². The summed E-state index contributed by atoms with van der Waals surface area (Å²) in [6, 6.07) is 6.10. The molecule has 1 aromatic heterocycles. The van der Waals surface area contributed by atoms with Gasteiger partial charge in [-0.2, -0.15) is 5.10 Å². The average Bonchev–Trinajstić information content (AvgIpc) is 2.68. The van der Waals surface area contributed by atoms with Gasteiger partial charge >= 0.3 is 0 Å². The van der Waals surface area contributed by atoms with Gasteiger partial charge in [0, 0.05) is 0 Å². The minimum Gasteiger partial charge on any atom is -0.451 e. The fraction of sp³-hybridized carbons (Fsp3) is 0.167. The van der Waals surface area contributed by atoms with Crippen molar-refractivity contribution in [3.63, 3.8) is 0 Å². The van der Waals surface area contributed by atoms with Crippen LogP contribution in [0.25, 0.3) is 0 Å². The lowest BCUT2D eigenvalue weighted by atomic mass is 10.3. The van der Waals surface area contributed by atoms with Crippen molar-refractivity contribution < 1.29 is 13.9 Å². The molecular weight excluding hydrogens is 223 g/mol. The molecule has 4 nitrogen and oxygen atoms in total. The zero-order valence-corrected chi connectivity index (χ0v) is 9.26. The molecule has 0 unspecified atom stereocenters. The van der Waals surface area contributed by atoms with Gasteiger partial charge in [-0.15, -0.1) is 0 Å². The van der Waals surface area contributed by atoms with Crippen LogP contribution in [-0.2, 0) is 11.3 Å². The molecule has 1 aromatic carbocycles. The van der Waals surface area contributed by atoms with Gasteiger partial charge in [-0.25, -0.2) is 4.39 Å². The zero-order valence-electron chi connectivity index (χ0n) is 9.26. The van der Waals surface area contributed by atoms with Crippen molar-refractivity contribution in [1.29, 1.82) is 0 Å². The van der Waals surface area contributed by atoms with Gasteiger partial charge in [0.2, 0.25) is 0 Å². The first-order valence-electron chi connectivity index (χ1n) is 5.09. The topological polar surface area (TPSA) is 44.1 Å². The fourth-order valence-corrected chi connectivity index (χ4v) is 1.37. The lowest BCUT2D eigenvalue weighted by Crippen LogP contribution is -2.05. The number of aromatic nitrogens is 2. The fourth-order valence-electron chi connectivity index (χ4n) is 1.37. The van der Waals surface area contributed by atoms with Crippen LogP contribution in [-0.4, -0.2) is 15.6 Å². The van der Waals surface area contributed by atoms with Crippen LogP contribution in [0.5, 0.6) is 11.5 Å². The molecule has 5 heteroatoms. The number of carbonyl (C=O) groups excluding carboxylic acids is 1. The van der Waals surface area contributed by atoms with Crippen LogP contribution in [0.1, 0.15) is 6.92 Å². The standard InChI is InChI=1S/C12H11FN2O2/c1-9(16)7-15-8-10(6-14-15)17-12-5-3-2-4-11(12)13/h2-6,8H,7H2,1H3. The van der Waals surface area contributed by atoms with E-state index in [0.29, 0.717) is 5.75 Å². The summed E-state index contributed by atoms with van der Waals surface area (Å²) in [5.41, 5.74) is 0. The van der Waals surface area contributed by atoms with Gasteiger partial charge in [-0.1, -0.05) is 12.1 Å². The second-order valence-corrected chi connectivity index (χ2v) is 3.61. The van der Waals surface area contributed by atoms with Gasteiger partial charge in [0.05, 0.1) is 18.9 Å². The number of Topliss-reactive ketones (excluding diaryl/α,β-unsaturated/α-hetero) is 1. The van der Waals surface area contributed by atoms with E-state index in [9.17, 15) is 9.18 Å². The maximum absolute atomic E-state index is 13.3. The summed E-state index contributed by atoms with van der Waals surface area (Å²) in [6.45, 7) is 1.65. The van der Waals surface area contributed by atoms with Gasteiger partial charge in [0.15, 0.2) is 23.1 Å². The van der Waals surface area contributed by atoms with Crippen molar-refractivity contribution in [1.82, 2.24) is 9.78 Å². The van der Waals surface area contributed by atoms with Gasteiger partial charge in [-0.3, -0.25) is 9.48 Å². The van der Waals surface area contributed by atoms with E-state index in [1.165, 1.54) is 29.9 Å². The maximum atomic E-state index is 13.3. The van der Waals surface area contributed by atoms with Crippen LogP contribution in [0.3, 0.4) is 0 Å². The monoisotopic (exact) mass is 234 g/mol. The molecule has 0 radical (unpaired) electrons. The highest BCUT2D eigenvalue weighted by atomic mass is 19.1. The number of halogens is 1. The molecule has 0 saturated carbocycles. The zero-order chi connectivity index (χ0) is 12.3. The number of para-hydroxylation sites is 1. The third kappa shape index (κ3) is 2.90. The summed E-state index contributed by atoms with van der Waals surface area (Å²) < 4.78 is 20.0. The Morgan fingerprint density at radius 2 is 2.24 bits per heavy atom. The van der Waals surface area contributed by atoms with Crippen LogP contribution in [0.15, 0.2) is 36.7 Å². The number of ketones is 1.